The molecule has 0 radical (unpaired) electrons. The van der Waals surface area contributed by atoms with Gasteiger partial charge in [-0.05, 0) is 30.0 Å². The highest BCUT2D eigenvalue weighted by molar-refractivity contribution is 6.23. The molecule has 4 nitrogen and oxygen atoms in total. The molecule has 2 aromatic carbocycles. The SMILES string of the molecule is CCCC(=Nc1ccccc1OC)C1=C(O)CC(c2ccccc2)CC1=O. The van der Waals surface area contributed by atoms with Crippen LogP contribution in [0.1, 0.15) is 44.1 Å². The van der Waals surface area contributed by atoms with Crippen LogP contribution < -0.4 is 4.74 Å². The van der Waals surface area contributed by atoms with Crippen LogP contribution in [0.2, 0.25) is 0 Å². The minimum atomic E-state index is -0.0466. The third kappa shape index (κ3) is 4.27. The van der Waals surface area contributed by atoms with Gasteiger partial charge in [-0.25, -0.2) is 4.99 Å². The van der Waals surface area contributed by atoms with Crippen molar-refractivity contribution in [1.82, 2.24) is 0 Å². The van der Waals surface area contributed by atoms with Gasteiger partial charge in [0.15, 0.2) is 5.78 Å². The van der Waals surface area contributed by atoms with E-state index in [4.69, 9.17) is 9.73 Å². The minimum absolute atomic E-state index is 0.0107. The van der Waals surface area contributed by atoms with Crippen molar-refractivity contribution in [2.45, 2.75) is 38.5 Å². The highest BCUT2D eigenvalue weighted by Crippen LogP contribution is 2.36. The summed E-state index contributed by atoms with van der Waals surface area (Å²) in [5, 5.41) is 10.7. The van der Waals surface area contributed by atoms with E-state index in [1.54, 1.807) is 7.11 Å². The molecule has 0 amide bonds. The molecular formula is C23H25NO3. The van der Waals surface area contributed by atoms with Crippen molar-refractivity contribution < 1.29 is 14.6 Å². The molecule has 1 atom stereocenters. The summed E-state index contributed by atoms with van der Waals surface area (Å²) in [5.74, 6) is 0.755. The van der Waals surface area contributed by atoms with Crippen molar-refractivity contribution in [3.8, 4) is 5.75 Å². The number of carbonyl (C=O) groups excluding carboxylic acids is 1. The molecule has 0 aromatic heterocycles. The number of aliphatic hydroxyl groups is 1. The molecule has 0 bridgehead atoms. The van der Waals surface area contributed by atoms with Gasteiger partial charge in [-0.1, -0.05) is 55.8 Å². The van der Waals surface area contributed by atoms with Gasteiger partial charge in [0.1, 0.15) is 17.2 Å². The second-order valence-corrected chi connectivity index (χ2v) is 6.74. The first-order valence-corrected chi connectivity index (χ1v) is 9.35. The Balaban J connectivity index is 1.97. The summed E-state index contributed by atoms with van der Waals surface area (Å²) >= 11 is 0. The van der Waals surface area contributed by atoms with Gasteiger partial charge in [-0.3, -0.25) is 4.79 Å². The van der Waals surface area contributed by atoms with Crippen molar-refractivity contribution in [1.29, 1.82) is 0 Å². The number of allylic oxidation sites excluding steroid dienone is 2. The fraction of sp³-hybridized carbons (Fsp3) is 0.304. The number of methoxy groups -OCH3 is 1. The molecule has 0 spiro atoms. The van der Waals surface area contributed by atoms with Crippen LogP contribution in [0.3, 0.4) is 0 Å². The molecule has 0 fully saturated rings. The summed E-state index contributed by atoms with van der Waals surface area (Å²) in [7, 11) is 1.60. The van der Waals surface area contributed by atoms with Crippen LogP contribution in [0, 0.1) is 0 Å². The topological polar surface area (TPSA) is 58.9 Å². The van der Waals surface area contributed by atoms with Crippen molar-refractivity contribution in [2.24, 2.45) is 4.99 Å². The lowest BCUT2D eigenvalue weighted by atomic mass is 9.81. The number of hydrogen-bond donors (Lipinski definition) is 1. The first kappa shape index (κ1) is 18.9. The summed E-state index contributed by atoms with van der Waals surface area (Å²) in [4.78, 5) is 17.6. The Bertz CT molecular complexity index is 868. The maximum Gasteiger partial charge on any atom is 0.168 e. The Kier molecular flexibility index (Phi) is 6.07. The maximum atomic E-state index is 12.9. The zero-order chi connectivity index (χ0) is 19.2. The number of aliphatic hydroxyl groups excluding tert-OH is 1. The number of aliphatic imine (C=N–C) groups is 1. The summed E-state index contributed by atoms with van der Waals surface area (Å²) in [5.41, 5.74) is 2.77. The predicted octanol–water partition coefficient (Wildman–Crippen LogP) is 5.53. The zero-order valence-electron chi connectivity index (χ0n) is 15.8. The number of ketones is 1. The lowest BCUT2D eigenvalue weighted by Crippen LogP contribution is -2.23. The molecule has 0 saturated heterocycles. The van der Waals surface area contributed by atoms with Crippen LogP contribution >= 0.6 is 0 Å². The van der Waals surface area contributed by atoms with Gasteiger partial charge >= 0.3 is 0 Å². The molecule has 1 aliphatic carbocycles. The second kappa shape index (κ2) is 8.67. The number of para-hydroxylation sites is 2. The van der Waals surface area contributed by atoms with Crippen LogP contribution in [0.25, 0.3) is 0 Å². The average molecular weight is 363 g/mol. The molecule has 1 unspecified atom stereocenters. The molecular weight excluding hydrogens is 338 g/mol. The molecule has 0 heterocycles. The Hall–Kier alpha value is -2.88. The average Bonchev–Trinajstić information content (AvgIpc) is 2.68. The Morgan fingerprint density at radius 1 is 1.11 bits per heavy atom. The summed E-state index contributed by atoms with van der Waals surface area (Å²) < 4.78 is 5.37. The van der Waals surface area contributed by atoms with E-state index in [2.05, 4.69) is 0 Å². The van der Waals surface area contributed by atoms with E-state index in [0.717, 1.165) is 12.0 Å². The van der Waals surface area contributed by atoms with Crippen LogP contribution in [-0.2, 0) is 4.79 Å². The highest BCUT2D eigenvalue weighted by atomic mass is 16.5. The van der Waals surface area contributed by atoms with E-state index in [1.807, 2.05) is 61.5 Å². The number of Topliss-reactive ketones (excluding diaryl/α,β-unsaturated/α-hetero) is 1. The fourth-order valence-corrected chi connectivity index (χ4v) is 3.52. The van der Waals surface area contributed by atoms with Gasteiger partial charge in [0.05, 0.1) is 18.4 Å². The first-order chi connectivity index (χ1) is 13.1. The number of nitrogens with zero attached hydrogens (tertiary/aromatic N) is 1. The van der Waals surface area contributed by atoms with Gasteiger partial charge in [0.25, 0.3) is 0 Å². The van der Waals surface area contributed by atoms with Gasteiger partial charge in [0, 0.05) is 12.8 Å². The Morgan fingerprint density at radius 3 is 2.48 bits per heavy atom. The normalized spacial score (nSPS) is 17.9. The smallest absolute Gasteiger partial charge is 0.168 e. The summed E-state index contributed by atoms with van der Waals surface area (Å²) in [6.45, 7) is 2.04. The molecule has 27 heavy (non-hydrogen) atoms. The monoisotopic (exact) mass is 363 g/mol. The zero-order valence-corrected chi connectivity index (χ0v) is 15.8. The van der Waals surface area contributed by atoms with E-state index >= 15 is 0 Å². The number of benzene rings is 2. The Morgan fingerprint density at radius 2 is 1.81 bits per heavy atom. The maximum absolute atomic E-state index is 12.9. The number of ether oxygens (including phenoxy) is 1. The second-order valence-electron chi connectivity index (χ2n) is 6.74. The molecule has 1 N–H and O–H groups in total. The molecule has 3 rings (SSSR count). The number of rotatable bonds is 6. The van der Waals surface area contributed by atoms with E-state index in [9.17, 15) is 9.90 Å². The van der Waals surface area contributed by atoms with Crippen molar-refractivity contribution in [2.75, 3.05) is 7.11 Å². The van der Waals surface area contributed by atoms with Crippen molar-refractivity contribution in [3.05, 3.63) is 71.5 Å². The van der Waals surface area contributed by atoms with Gasteiger partial charge in [-0.15, -0.1) is 0 Å². The molecule has 0 aliphatic heterocycles. The first-order valence-electron chi connectivity index (χ1n) is 9.35. The number of carbonyl (C=O) groups is 1. The van der Waals surface area contributed by atoms with Crippen LogP contribution in [0.5, 0.6) is 5.75 Å². The van der Waals surface area contributed by atoms with Crippen molar-refractivity contribution in [3.63, 3.8) is 0 Å². The van der Waals surface area contributed by atoms with E-state index < -0.39 is 0 Å². The molecule has 2 aromatic rings. The van der Waals surface area contributed by atoms with Gasteiger partial charge in [-0.2, -0.15) is 0 Å². The Labute approximate surface area is 160 Å². The molecule has 0 saturated carbocycles. The lowest BCUT2D eigenvalue weighted by molar-refractivity contribution is -0.116. The summed E-state index contributed by atoms with van der Waals surface area (Å²) in [6.07, 6.45) is 2.30. The fourth-order valence-electron chi connectivity index (χ4n) is 3.52. The standard InChI is InChI=1S/C23H25NO3/c1-3-9-19(24-18-12-7-8-13-22(18)27-2)23-20(25)14-17(15-21(23)26)16-10-5-4-6-11-16/h4-8,10-13,17,25H,3,9,14-15H2,1-2H3. The van der Waals surface area contributed by atoms with Gasteiger partial charge < -0.3 is 9.84 Å². The van der Waals surface area contributed by atoms with Crippen molar-refractivity contribution >= 4 is 17.2 Å². The third-order valence-corrected chi connectivity index (χ3v) is 4.83. The lowest BCUT2D eigenvalue weighted by Gasteiger charge is -2.24. The predicted molar refractivity (Wildman–Crippen MR) is 108 cm³/mol. The highest BCUT2D eigenvalue weighted by Gasteiger charge is 2.31. The van der Waals surface area contributed by atoms with E-state index in [0.29, 0.717) is 42.0 Å². The molecule has 4 heteroatoms. The molecule has 140 valence electrons. The van der Waals surface area contributed by atoms with Crippen LogP contribution in [-0.4, -0.2) is 23.7 Å². The molecule has 1 aliphatic rings. The van der Waals surface area contributed by atoms with Gasteiger partial charge in [0.2, 0.25) is 0 Å². The number of hydrogen-bond acceptors (Lipinski definition) is 4. The van der Waals surface area contributed by atoms with E-state index in [1.165, 1.54) is 0 Å². The van der Waals surface area contributed by atoms with Crippen LogP contribution in [0.15, 0.2) is 70.9 Å². The van der Waals surface area contributed by atoms with Crippen LogP contribution in [0.4, 0.5) is 5.69 Å². The third-order valence-electron chi connectivity index (χ3n) is 4.83. The quantitative estimate of drug-likeness (QED) is 0.687. The minimum Gasteiger partial charge on any atom is -0.511 e. The largest absolute Gasteiger partial charge is 0.511 e. The van der Waals surface area contributed by atoms with E-state index in [-0.39, 0.29) is 17.5 Å². The summed E-state index contributed by atoms with van der Waals surface area (Å²) in [6, 6.07) is 17.3.